The topological polar surface area (TPSA) is 80.9 Å². The van der Waals surface area contributed by atoms with Gasteiger partial charge in [-0.15, -0.1) is 0 Å². The quantitative estimate of drug-likeness (QED) is 0.413. The fourth-order valence-corrected chi connectivity index (χ4v) is 3.57. The summed E-state index contributed by atoms with van der Waals surface area (Å²) in [5.41, 5.74) is 4.13. The Morgan fingerprint density at radius 1 is 1.03 bits per heavy atom. The van der Waals surface area contributed by atoms with Crippen LogP contribution in [0.5, 0.6) is 0 Å². The Labute approximate surface area is 188 Å². The molecule has 3 aromatic rings. The minimum absolute atomic E-state index is 0.299. The zero-order chi connectivity index (χ0) is 22.0. The standard InChI is InChI=1S/C25H30N4O3/c1-26-25(28-16-22-18-32-24(29-22)21-8-3-2-4-9-21)27-15-19-6-5-7-20(14-19)17-31-23-10-12-30-13-11-23/h2-9,14,18,23H,10-13,15-17H2,1H3,(H2,26,27,28). The smallest absolute Gasteiger partial charge is 0.226 e. The van der Waals surface area contributed by atoms with Crippen LogP contribution in [0.2, 0.25) is 0 Å². The van der Waals surface area contributed by atoms with Crippen LogP contribution in [0, 0.1) is 0 Å². The van der Waals surface area contributed by atoms with Crippen molar-refractivity contribution in [3.8, 4) is 11.5 Å². The molecule has 1 aliphatic rings. The fourth-order valence-electron chi connectivity index (χ4n) is 3.57. The predicted octanol–water partition coefficient (Wildman–Crippen LogP) is 3.90. The van der Waals surface area contributed by atoms with Crippen molar-refractivity contribution >= 4 is 5.96 Å². The number of nitrogens with zero attached hydrogens (tertiary/aromatic N) is 2. The number of aromatic nitrogens is 1. The Morgan fingerprint density at radius 3 is 2.62 bits per heavy atom. The van der Waals surface area contributed by atoms with Crippen molar-refractivity contribution in [2.75, 3.05) is 20.3 Å². The summed E-state index contributed by atoms with van der Waals surface area (Å²) in [7, 11) is 1.76. The number of benzene rings is 2. The van der Waals surface area contributed by atoms with Crippen LogP contribution in [0.4, 0.5) is 0 Å². The molecule has 4 rings (SSSR count). The molecule has 0 atom stereocenters. The minimum Gasteiger partial charge on any atom is -0.444 e. The highest BCUT2D eigenvalue weighted by atomic mass is 16.5. The van der Waals surface area contributed by atoms with Crippen LogP contribution in [0.1, 0.15) is 29.7 Å². The molecule has 0 bridgehead atoms. The van der Waals surface area contributed by atoms with Gasteiger partial charge in [-0.25, -0.2) is 4.98 Å². The summed E-state index contributed by atoms with van der Waals surface area (Å²) in [6, 6.07) is 18.3. The van der Waals surface area contributed by atoms with Gasteiger partial charge in [0.05, 0.1) is 24.9 Å². The monoisotopic (exact) mass is 434 g/mol. The lowest BCUT2D eigenvalue weighted by Crippen LogP contribution is -2.36. The van der Waals surface area contributed by atoms with Crippen LogP contribution >= 0.6 is 0 Å². The van der Waals surface area contributed by atoms with Crippen LogP contribution in [0.3, 0.4) is 0 Å². The van der Waals surface area contributed by atoms with E-state index in [2.05, 4.69) is 44.9 Å². The van der Waals surface area contributed by atoms with Crippen LogP contribution in [0.15, 0.2) is 70.3 Å². The lowest BCUT2D eigenvalue weighted by molar-refractivity contribution is -0.0390. The zero-order valence-electron chi connectivity index (χ0n) is 18.4. The molecule has 2 heterocycles. The number of rotatable bonds is 8. The summed E-state index contributed by atoms with van der Waals surface area (Å²) in [4.78, 5) is 8.84. The van der Waals surface area contributed by atoms with E-state index in [1.807, 2.05) is 30.3 Å². The van der Waals surface area contributed by atoms with E-state index in [4.69, 9.17) is 13.9 Å². The SMILES string of the molecule is CN=C(NCc1cccc(COC2CCOCC2)c1)NCc1coc(-c2ccccc2)n1. The van der Waals surface area contributed by atoms with Crippen LogP contribution < -0.4 is 10.6 Å². The number of hydrogen-bond acceptors (Lipinski definition) is 5. The highest BCUT2D eigenvalue weighted by Gasteiger charge is 2.14. The van der Waals surface area contributed by atoms with E-state index in [1.54, 1.807) is 13.3 Å². The van der Waals surface area contributed by atoms with E-state index in [1.165, 1.54) is 11.1 Å². The number of guanidine groups is 1. The number of oxazole rings is 1. The van der Waals surface area contributed by atoms with E-state index in [0.29, 0.717) is 37.7 Å². The molecule has 1 fully saturated rings. The molecule has 0 radical (unpaired) electrons. The molecule has 168 valence electrons. The first-order chi connectivity index (χ1) is 15.8. The molecule has 2 N–H and O–H groups in total. The van der Waals surface area contributed by atoms with Crippen molar-refractivity contribution < 1.29 is 13.9 Å². The Morgan fingerprint density at radius 2 is 1.81 bits per heavy atom. The lowest BCUT2D eigenvalue weighted by Gasteiger charge is -2.22. The molecule has 32 heavy (non-hydrogen) atoms. The molecule has 1 aromatic heterocycles. The first kappa shape index (κ1) is 22.0. The Kier molecular flexibility index (Phi) is 7.89. The van der Waals surface area contributed by atoms with Gasteiger partial charge in [-0.2, -0.15) is 0 Å². The van der Waals surface area contributed by atoms with E-state index in [-0.39, 0.29) is 0 Å². The maximum atomic E-state index is 6.04. The normalized spacial score (nSPS) is 15.0. The fraction of sp³-hybridized carbons (Fsp3) is 0.360. The molecule has 7 heteroatoms. The maximum absolute atomic E-state index is 6.04. The maximum Gasteiger partial charge on any atom is 0.226 e. The molecule has 0 spiro atoms. The van der Waals surface area contributed by atoms with E-state index < -0.39 is 0 Å². The van der Waals surface area contributed by atoms with Gasteiger partial charge in [0, 0.05) is 32.4 Å². The van der Waals surface area contributed by atoms with Crippen LogP contribution in [-0.4, -0.2) is 37.3 Å². The number of ether oxygens (including phenoxy) is 2. The van der Waals surface area contributed by atoms with Crippen molar-refractivity contribution in [2.24, 2.45) is 4.99 Å². The third kappa shape index (κ3) is 6.42. The van der Waals surface area contributed by atoms with Gasteiger partial charge in [0.1, 0.15) is 6.26 Å². The minimum atomic E-state index is 0.299. The van der Waals surface area contributed by atoms with Crippen LogP contribution in [0.25, 0.3) is 11.5 Å². The average molecular weight is 435 g/mol. The predicted molar refractivity (Wildman–Crippen MR) is 124 cm³/mol. The van der Waals surface area contributed by atoms with Gasteiger partial charge < -0.3 is 24.5 Å². The van der Waals surface area contributed by atoms with Gasteiger partial charge in [-0.3, -0.25) is 4.99 Å². The van der Waals surface area contributed by atoms with Crippen molar-refractivity contribution in [1.29, 1.82) is 0 Å². The molecule has 2 aromatic carbocycles. The average Bonchev–Trinajstić information content (AvgIpc) is 3.33. The van der Waals surface area contributed by atoms with Crippen molar-refractivity contribution in [1.82, 2.24) is 15.6 Å². The summed E-state index contributed by atoms with van der Waals surface area (Å²) in [5, 5.41) is 6.63. The van der Waals surface area contributed by atoms with Crippen molar-refractivity contribution in [3.05, 3.63) is 77.7 Å². The van der Waals surface area contributed by atoms with Crippen LogP contribution in [-0.2, 0) is 29.2 Å². The molecule has 1 aliphatic heterocycles. The number of nitrogens with one attached hydrogen (secondary N) is 2. The van der Waals surface area contributed by atoms with Gasteiger partial charge in [0.15, 0.2) is 5.96 Å². The Hall–Kier alpha value is -3.16. The molecular formula is C25H30N4O3. The molecule has 0 saturated carbocycles. The van der Waals surface area contributed by atoms with Gasteiger partial charge in [0.2, 0.25) is 5.89 Å². The second-order valence-electron chi connectivity index (χ2n) is 7.73. The number of aliphatic imine (C=N–C) groups is 1. The van der Waals surface area contributed by atoms with Crippen molar-refractivity contribution in [3.63, 3.8) is 0 Å². The van der Waals surface area contributed by atoms with Gasteiger partial charge in [-0.05, 0) is 36.1 Å². The molecule has 0 aliphatic carbocycles. The van der Waals surface area contributed by atoms with Gasteiger partial charge in [0.25, 0.3) is 0 Å². The van der Waals surface area contributed by atoms with Gasteiger partial charge >= 0.3 is 0 Å². The Balaban J connectivity index is 1.24. The summed E-state index contributed by atoms with van der Waals surface area (Å²) < 4.78 is 17.0. The highest BCUT2D eigenvalue weighted by Crippen LogP contribution is 2.18. The second kappa shape index (κ2) is 11.5. The molecular weight excluding hydrogens is 404 g/mol. The molecule has 0 amide bonds. The summed E-state index contributed by atoms with van der Waals surface area (Å²) >= 11 is 0. The van der Waals surface area contributed by atoms with E-state index >= 15 is 0 Å². The first-order valence-corrected chi connectivity index (χ1v) is 11.0. The Bertz CT molecular complexity index is 997. The summed E-state index contributed by atoms with van der Waals surface area (Å²) in [6.45, 7) is 3.40. The summed E-state index contributed by atoms with van der Waals surface area (Å²) in [6.07, 6.45) is 3.92. The summed E-state index contributed by atoms with van der Waals surface area (Å²) in [5.74, 6) is 1.32. The van der Waals surface area contributed by atoms with E-state index in [0.717, 1.165) is 37.3 Å². The van der Waals surface area contributed by atoms with E-state index in [9.17, 15) is 0 Å². The second-order valence-corrected chi connectivity index (χ2v) is 7.73. The largest absolute Gasteiger partial charge is 0.444 e. The molecule has 7 nitrogen and oxygen atoms in total. The lowest BCUT2D eigenvalue weighted by atomic mass is 10.1. The first-order valence-electron chi connectivity index (χ1n) is 11.0. The molecule has 0 unspecified atom stereocenters. The third-order valence-electron chi connectivity index (χ3n) is 5.34. The number of hydrogen-bond donors (Lipinski definition) is 2. The van der Waals surface area contributed by atoms with Gasteiger partial charge in [-0.1, -0.05) is 42.5 Å². The van der Waals surface area contributed by atoms with Crippen molar-refractivity contribution in [2.45, 2.75) is 38.6 Å². The zero-order valence-corrected chi connectivity index (χ0v) is 18.4. The third-order valence-corrected chi connectivity index (χ3v) is 5.34. The highest BCUT2D eigenvalue weighted by molar-refractivity contribution is 5.79. The molecule has 1 saturated heterocycles.